The fraction of sp³-hybridized carbons (Fsp3) is 0.600. The molecule has 0 bridgehead atoms. The largest absolute Gasteiger partial charge is 0.333 e. The predicted octanol–water partition coefficient (Wildman–Crippen LogP) is 1.88. The molecule has 1 aromatic rings. The average Bonchev–Trinajstić information content (AvgIpc) is 2.44. The van der Waals surface area contributed by atoms with E-state index in [1.807, 2.05) is 18.2 Å². The standard InChI is InChI=1S/C15H22N2O3S/c1-17-10-8-15(9-11-17)7-6-14(16-21(18,19)20)12-4-2-3-5-13(12)15/h2-5,14,16H,6-11H2,1H3,(H,18,19,20). The van der Waals surface area contributed by atoms with Crippen molar-refractivity contribution in [2.75, 3.05) is 20.1 Å². The van der Waals surface area contributed by atoms with E-state index in [2.05, 4.69) is 22.7 Å². The molecule has 1 fully saturated rings. The van der Waals surface area contributed by atoms with E-state index in [1.165, 1.54) is 5.56 Å². The van der Waals surface area contributed by atoms with Crippen molar-refractivity contribution in [2.24, 2.45) is 0 Å². The lowest BCUT2D eigenvalue weighted by Gasteiger charge is -2.46. The van der Waals surface area contributed by atoms with Crippen molar-refractivity contribution >= 4 is 10.3 Å². The van der Waals surface area contributed by atoms with Gasteiger partial charge in [0.2, 0.25) is 0 Å². The summed E-state index contributed by atoms with van der Waals surface area (Å²) in [5.41, 5.74) is 2.44. The van der Waals surface area contributed by atoms with Gasteiger partial charge < -0.3 is 4.90 Å². The quantitative estimate of drug-likeness (QED) is 0.818. The summed E-state index contributed by atoms with van der Waals surface area (Å²) in [5.74, 6) is 0. The van der Waals surface area contributed by atoms with Gasteiger partial charge in [-0.1, -0.05) is 24.3 Å². The second kappa shape index (κ2) is 5.35. The van der Waals surface area contributed by atoms with Crippen LogP contribution in [0.4, 0.5) is 0 Å². The van der Waals surface area contributed by atoms with Gasteiger partial charge in [0.15, 0.2) is 0 Å². The minimum Gasteiger partial charge on any atom is -0.306 e. The van der Waals surface area contributed by atoms with Crippen LogP contribution >= 0.6 is 0 Å². The number of fused-ring (bicyclic) bond motifs is 2. The summed E-state index contributed by atoms with van der Waals surface area (Å²) in [4.78, 5) is 2.34. The Morgan fingerprint density at radius 3 is 2.57 bits per heavy atom. The van der Waals surface area contributed by atoms with E-state index < -0.39 is 10.3 Å². The highest BCUT2D eigenvalue weighted by atomic mass is 32.2. The molecule has 1 atom stereocenters. The summed E-state index contributed by atoms with van der Waals surface area (Å²) in [6, 6.07) is 7.75. The zero-order valence-electron chi connectivity index (χ0n) is 12.2. The maximum Gasteiger partial charge on any atom is 0.333 e. The molecule has 5 nitrogen and oxygen atoms in total. The van der Waals surface area contributed by atoms with Crippen LogP contribution in [0.1, 0.15) is 42.9 Å². The van der Waals surface area contributed by atoms with Gasteiger partial charge in [-0.15, -0.1) is 0 Å². The second-order valence-electron chi connectivity index (χ2n) is 6.36. The van der Waals surface area contributed by atoms with Crippen molar-refractivity contribution in [3.05, 3.63) is 35.4 Å². The smallest absolute Gasteiger partial charge is 0.306 e. The second-order valence-corrected chi connectivity index (χ2v) is 7.54. The first kappa shape index (κ1) is 15.0. The molecule has 6 heteroatoms. The first-order valence-corrected chi connectivity index (χ1v) is 8.86. The van der Waals surface area contributed by atoms with Crippen molar-refractivity contribution in [1.29, 1.82) is 0 Å². The Morgan fingerprint density at radius 1 is 1.24 bits per heavy atom. The van der Waals surface area contributed by atoms with Gasteiger partial charge in [-0.3, -0.25) is 4.55 Å². The molecule has 2 aliphatic rings. The summed E-state index contributed by atoms with van der Waals surface area (Å²) in [6.45, 7) is 2.15. The maximum absolute atomic E-state index is 11.2. The van der Waals surface area contributed by atoms with Gasteiger partial charge in [0.25, 0.3) is 0 Å². The third-order valence-corrected chi connectivity index (χ3v) is 5.64. The van der Waals surface area contributed by atoms with Crippen LogP contribution < -0.4 is 4.72 Å². The van der Waals surface area contributed by atoms with Gasteiger partial charge in [-0.25, -0.2) is 0 Å². The lowest BCUT2D eigenvalue weighted by Crippen LogP contribution is -2.45. The summed E-state index contributed by atoms with van der Waals surface area (Å²) in [7, 11) is -2.03. The molecule has 3 rings (SSSR count). The zero-order chi connectivity index (χ0) is 15.1. The maximum atomic E-state index is 11.2. The first-order chi connectivity index (χ1) is 9.90. The van der Waals surface area contributed by atoms with Crippen LogP contribution in [0, 0.1) is 0 Å². The number of rotatable bonds is 2. The van der Waals surface area contributed by atoms with Crippen LogP contribution in [0.2, 0.25) is 0 Å². The highest BCUT2D eigenvalue weighted by Gasteiger charge is 2.41. The van der Waals surface area contributed by atoms with Crippen molar-refractivity contribution in [3.8, 4) is 0 Å². The number of nitrogens with zero attached hydrogens (tertiary/aromatic N) is 1. The number of hydrogen-bond donors (Lipinski definition) is 2. The number of piperidine rings is 1. The molecule has 0 amide bonds. The summed E-state index contributed by atoms with van der Waals surface area (Å²) in [5, 5.41) is 0. The fourth-order valence-corrected chi connectivity index (χ4v) is 4.47. The Hall–Kier alpha value is -0.950. The zero-order valence-corrected chi connectivity index (χ0v) is 13.1. The molecule has 0 saturated carbocycles. The molecule has 1 aliphatic carbocycles. The molecule has 1 aliphatic heterocycles. The molecule has 116 valence electrons. The van der Waals surface area contributed by atoms with E-state index >= 15 is 0 Å². The minimum absolute atomic E-state index is 0.167. The molecule has 0 radical (unpaired) electrons. The lowest BCUT2D eigenvalue weighted by molar-refractivity contribution is 0.163. The van der Waals surface area contributed by atoms with E-state index in [0.717, 1.165) is 44.3 Å². The topological polar surface area (TPSA) is 69.6 Å². The third kappa shape index (κ3) is 2.99. The molecular weight excluding hydrogens is 288 g/mol. The summed E-state index contributed by atoms with van der Waals surface area (Å²) < 4.78 is 33.8. The number of benzene rings is 1. The highest BCUT2D eigenvalue weighted by Crippen LogP contribution is 2.47. The molecule has 1 spiro atoms. The minimum atomic E-state index is -4.18. The van der Waals surface area contributed by atoms with Crippen molar-refractivity contribution in [2.45, 2.75) is 37.1 Å². The first-order valence-electron chi connectivity index (χ1n) is 7.42. The van der Waals surface area contributed by atoms with Crippen LogP contribution in [-0.2, 0) is 15.7 Å². The highest BCUT2D eigenvalue weighted by molar-refractivity contribution is 7.83. The normalized spacial score (nSPS) is 25.7. The third-order valence-electron chi connectivity index (χ3n) is 5.05. The van der Waals surface area contributed by atoms with Crippen molar-refractivity contribution in [3.63, 3.8) is 0 Å². The van der Waals surface area contributed by atoms with Crippen LogP contribution in [0.5, 0.6) is 0 Å². The van der Waals surface area contributed by atoms with Gasteiger partial charge in [0.05, 0.1) is 0 Å². The van der Waals surface area contributed by atoms with E-state index in [4.69, 9.17) is 4.55 Å². The van der Waals surface area contributed by atoms with Gasteiger partial charge in [0.1, 0.15) is 0 Å². The summed E-state index contributed by atoms with van der Waals surface area (Å²) in [6.07, 6.45) is 3.92. The van der Waals surface area contributed by atoms with E-state index in [0.29, 0.717) is 0 Å². The van der Waals surface area contributed by atoms with Gasteiger partial charge >= 0.3 is 10.3 Å². The van der Waals surface area contributed by atoms with Crippen molar-refractivity contribution in [1.82, 2.24) is 9.62 Å². The molecule has 0 aromatic heterocycles. The van der Waals surface area contributed by atoms with E-state index in [9.17, 15) is 8.42 Å². The van der Waals surface area contributed by atoms with Crippen LogP contribution in [0.25, 0.3) is 0 Å². The number of likely N-dealkylation sites (tertiary alicyclic amines) is 1. The average molecular weight is 310 g/mol. The monoisotopic (exact) mass is 310 g/mol. The van der Waals surface area contributed by atoms with Gasteiger partial charge in [-0.2, -0.15) is 13.1 Å². The van der Waals surface area contributed by atoms with Crippen LogP contribution in [-0.4, -0.2) is 38.0 Å². The SMILES string of the molecule is CN1CCC2(CCC(NS(=O)(=O)O)c3ccccc32)CC1. The predicted molar refractivity (Wildman–Crippen MR) is 81.5 cm³/mol. The Bertz CT molecular complexity index is 622. The summed E-state index contributed by atoms with van der Waals surface area (Å²) >= 11 is 0. The number of nitrogens with one attached hydrogen (secondary N) is 1. The Labute approximate surface area is 126 Å². The van der Waals surface area contributed by atoms with Crippen molar-refractivity contribution < 1.29 is 13.0 Å². The molecule has 1 unspecified atom stereocenters. The van der Waals surface area contributed by atoms with Crippen LogP contribution in [0.15, 0.2) is 24.3 Å². The molecule has 21 heavy (non-hydrogen) atoms. The Kier molecular flexibility index (Phi) is 3.81. The van der Waals surface area contributed by atoms with Gasteiger partial charge in [-0.05, 0) is 62.4 Å². The lowest BCUT2D eigenvalue weighted by atomic mass is 9.64. The molecule has 1 aromatic carbocycles. The van der Waals surface area contributed by atoms with Gasteiger partial charge in [0, 0.05) is 6.04 Å². The Morgan fingerprint density at radius 2 is 1.90 bits per heavy atom. The molecule has 1 heterocycles. The van der Waals surface area contributed by atoms with E-state index in [1.54, 1.807) is 0 Å². The fourth-order valence-electron chi connectivity index (χ4n) is 3.86. The van der Waals surface area contributed by atoms with Crippen LogP contribution in [0.3, 0.4) is 0 Å². The number of hydrogen-bond acceptors (Lipinski definition) is 3. The molecular formula is C15H22N2O3S. The van der Waals surface area contributed by atoms with E-state index in [-0.39, 0.29) is 11.5 Å². The molecule has 1 saturated heterocycles. The Balaban J connectivity index is 1.96. The molecule has 2 N–H and O–H groups in total.